The Morgan fingerprint density at radius 1 is 1.44 bits per heavy atom. The quantitative estimate of drug-likeness (QED) is 0.490. The summed E-state index contributed by atoms with van der Waals surface area (Å²) in [4.78, 5) is 16.5. The molecular weight excluding hydrogens is 335 g/mol. The number of halogens is 1. The Hall–Kier alpha value is -2.14. The second-order valence-corrected chi connectivity index (χ2v) is 6.17. The van der Waals surface area contributed by atoms with Crippen LogP contribution in [0, 0.1) is 0 Å². The summed E-state index contributed by atoms with van der Waals surface area (Å²) in [6.45, 7) is 7.28. The minimum atomic E-state index is -0.00513. The van der Waals surface area contributed by atoms with Crippen LogP contribution in [0.25, 0.3) is 0 Å². The minimum absolute atomic E-state index is 0.00513. The number of unbranched alkanes of at least 4 members (excludes halogenated alkanes) is 1. The van der Waals surface area contributed by atoms with Crippen molar-refractivity contribution in [1.29, 1.82) is 0 Å². The molecule has 1 heterocycles. The predicted octanol–water partition coefficient (Wildman–Crippen LogP) is 5.38. The number of hydrogen-bond acceptors (Lipinski definition) is 3. The molecule has 0 saturated carbocycles. The third-order valence-corrected chi connectivity index (χ3v) is 4.30. The Morgan fingerprint density at radius 2 is 2.20 bits per heavy atom. The number of Topliss-reactive ketones (excluding diaryl/α,β-unsaturated/α-hetero) is 1. The first-order valence-electron chi connectivity index (χ1n) is 8.17. The van der Waals surface area contributed by atoms with Crippen LogP contribution in [0.15, 0.2) is 76.7 Å². The van der Waals surface area contributed by atoms with Crippen molar-refractivity contribution in [2.45, 2.75) is 33.1 Å². The van der Waals surface area contributed by atoms with Gasteiger partial charge in [-0.15, -0.1) is 11.8 Å². The van der Waals surface area contributed by atoms with Crippen LogP contribution < -0.4 is 5.32 Å². The van der Waals surface area contributed by atoms with E-state index in [4.69, 9.17) is 0 Å². The van der Waals surface area contributed by atoms with Crippen LogP contribution in [0.3, 0.4) is 0 Å². The van der Waals surface area contributed by atoms with Gasteiger partial charge in [-0.2, -0.15) is 0 Å². The number of nitrogens with zero attached hydrogens (tertiary/aromatic N) is 1. The Kier molecular flexibility index (Phi) is 10.2. The van der Waals surface area contributed by atoms with E-state index < -0.39 is 0 Å². The van der Waals surface area contributed by atoms with E-state index >= 15 is 0 Å². The smallest absolute Gasteiger partial charge is 0.161 e. The first-order valence-corrected chi connectivity index (χ1v) is 9.22. The maximum Gasteiger partial charge on any atom is 0.161 e. The fourth-order valence-corrected chi connectivity index (χ4v) is 2.97. The molecule has 3 nitrogen and oxygen atoms in total. The summed E-state index contributed by atoms with van der Waals surface area (Å²) in [7, 11) is 0. The molecule has 1 aliphatic rings. The van der Waals surface area contributed by atoms with Gasteiger partial charge in [-0.3, -0.25) is 4.79 Å². The first-order chi connectivity index (χ1) is 12.1. The van der Waals surface area contributed by atoms with Gasteiger partial charge >= 0.3 is 0 Å². The number of aliphatic imine (C=N–C) groups is 1. The van der Waals surface area contributed by atoms with Crippen LogP contribution >= 0.6 is 11.8 Å². The lowest BCUT2D eigenvalue weighted by molar-refractivity contribution is -0.113. The fraction of sp³-hybridized carbons (Fsp3) is 0.300. The van der Waals surface area contributed by atoms with Crippen molar-refractivity contribution in [1.82, 2.24) is 5.32 Å². The zero-order valence-electron chi connectivity index (χ0n) is 14.8. The first kappa shape index (κ1) is 20.9. The van der Waals surface area contributed by atoms with Crippen molar-refractivity contribution in [2.75, 3.05) is 5.75 Å². The molecule has 0 aromatic carbocycles. The molecule has 0 aliphatic carbocycles. The number of thioether (sulfide) groups is 1. The number of allylic oxidation sites excluding steroid dienone is 5. The highest BCUT2D eigenvalue weighted by molar-refractivity contribution is 8.02. The van der Waals surface area contributed by atoms with Crippen LogP contribution in [0.4, 0.5) is 4.39 Å². The average molecular weight is 360 g/mol. The third kappa shape index (κ3) is 7.52. The monoisotopic (exact) mass is 360 g/mol. The van der Waals surface area contributed by atoms with E-state index in [1.54, 1.807) is 37.0 Å². The zero-order valence-corrected chi connectivity index (χ0v) is 15.6. The molecule has 0 spiro atoms. The summed E-state index contributed by atoms with van der Waals surface area (Å²) in [6.07, 6.45) is 13.2. The number of carbonyl (C=O) groups excluding carboxylic acids is 1. The molecular formula is C20H25FN2OS. The SMILES string of the molecule is C=C/C1=C(\C(=C/C)C(C)=O)NC(=N/C=C/CC/C=C/F)C/C=C\SC1. The molecule has 1 N–H and O–H groups in total. The molecule has 0 fully saturated rings. The van der Waals surface area contributed by atoms with Crippen molar-refractivity contribution in [2.24, 2.45) is 4.99 Å². The summed E-state index contributed by atoms with van der Waals surface area (Å²) >= 11 is 1.65. The van der Waals surface area contributed by atoms with Gasteiger partial charge in [-0.05, 0) is 37.7 Å². The summed E-state index contributed by atoms with van der Waals surface area (Å²) in [5, 5.41) is 5.34. The second kappa shape index (κ2) is 12.3. The fourth-order valence-electron chi connectivity index (χ4n) is 2.20. The molecule has 0 radical (unpaired) electrons. The molecule has 0 bridgehead atoms. The minimum Gasteiger partial charge on any atom is -0.343 e. The van der Waals surface area contributed by atoms with Gasteiger partial charge in [0.15, 0.2) is 5.78 Å². The summed E-state index contributed by atoms with van der Waals surface area (Å²) < 4.78 is 11.9. The number of amidine groups is 1. The lowest BCUT2D eigenvalue weighted by Gasteiger charge is -2.16. The van der Waals surface area contributed by atoms with E-state index in [9.17, 15) is 9.18 Å². The van der Waals surface area contributed by atoms with Crippen LogP contribution in [0.2, 0.25) is 0 Å². The van der Waals surface area contributed by atoms with E-state index in [1.165, 1.54) is 6.08 Å². The molecule has 134 valence electrons. The molecule has 0 atom stereocenters. The lowest BCUT2D eigenvalue weighted by atomic mass is 10.0. The predicted molar refractivity (Wildman–Crippen MR) is 107 cm³/mol. The summed E-state index contributed by atoms with van der Waals surface area (Å²) in [5.41, 5.74) is 2.35. The van der Waals surface area contributed by atoms with Gasteiger partial charge in [-0.25, -0.2) is 9.38 Å². The molecule has 25 heavy (non-hydrogen) atoms. The van der Waals surface area contributed by atoms with Crippen LogP contribution in [-0.4, -0.2) is 17.4 Å². The number of carbonyl (C=O) groups is 1. The van der Waals surface area contributed by atoms with Crippen molar-refractivity contribution in [3.8, 4) is 0 Å². The van der Waals surface area contributed by atoms with Gasteiger partial charge in [0, 0.05) is 23.9 Å². The molecule has 1 rings (SSSR count). The normalized spacial score (nSPS) is 22.5. The molecule has 0 aromatic heterocycles. The Bertz CT molecular complexity index is 655. The van der Waals surface area contributed by atoms with E-state index in [0.29, 0.717) is 24.7 Å². The van der Waals surface area contributed by atoms with E-state index in [-0.39, 0.29) is 5.78 Å². The van der Waals surface area contributed by atoms with Crippen molar-refractivity contribution in [3.63, 3.8) is 0 Å². The molecule has 0 unspecified atom stereocenters. The van der Waals surface area contributed by atoms with Gasteiger partial charge in [0.2, 0.25) is 0 Å². The van der Waals surface area contributed by atoms with Gasteiger partial charge in [0.05, 0.1) is 12.0 Å². The maximum atomic E-state index is 12.0. The van der Waals surface area contributed by atoms with Gasteiger partial charge in [-0.1, -0.05) is 37.0 Å². The molecule has 0 aromatic rings. The summed E-state index contributed by atoms with van der Waals surface area (Å²) in [5.74, 6) is 1.46. The Labute approximate surface area is 153 Å². The highest BCUT2D eigenvalue weighted by Crippen LogP contribution is 2.21. The van der Waals surface area contributed by atoms with Crippen LogP contribution in [0.5, 0.6) is 0 Å². The molecule has 5 heteroatoms. The van der Waals surface area contributed by atoms with Crippen molar-refractivity contribution >= 4 is 23.4 Å². The summed E-state index contributed by atoms with van der Waals surface area (Å²) in [6, 6.07) is 0. The van der Waals surface area contributed by atoms with Crippen molar-refractivity contribution in [3.05, 3.63) is 71.7 Å². The van der Waals surface area contributed by atoms with Gasteiger partial charge < -0.3 is 5.32 Å². The van der Waals surface area contributed by atoms with Gasteiger partial charge in [0.1, 0.15) is 5.84 Å². The highest BCUT2D eigenvalue weighted by atomic mass is 32.2. The van der Waals surface area contributed by atoms with Crippen LogP contribution in [0.1, 0.15) is 33.1 Å². The standard InChI is InChI=1S/C20H25FN2OS/c1-4-17-15-25-14-10-11-19(22-13-9-7-6-8-12-21)23-20(17)18(5-2)16(3)24/h4-5,8-10,12-14H,1,6-7,11,15H2,2-3H3,(H,22,23)/b12-8+,13-9+,14-10-,18-5-,20-17-. The van der Waals surface area contributed by atoms with E-state index in [1.807, 2.05) is 24.5 Å². The van der Waals surface area contributed by atoms with Crippen LogP contribution in [-0.2, 0) is 4.79 Å². The highest BCUT2D eigenvalue weighted by Gasteiger charge is 2.16. The number of rotatable bonds is 7. The number of ketones is 1. The number of hydrogen-bond donors (Lipinski definition) is 1. The largest absolute Gasteiger partial charge is 0.343 e. The van der Waals surface area contributed by atoms with E-state index in [2.05, 4.69) is 16.9 Å². The maximum absolute atomic E-state index is 12.0. The topological polar surface area (TPSA) is 41.5 Å². The molecule has 1 aliphatic heterocycles. The van der Waals surface area contributed by atoms with Crippen molar-refractivity contribution < 1.29 is 9.18 Å². The average Bonchev–Trinajstić information content (AvgIpc) is 2.69. The number of nitrogens with one attached hydrogen (secondary N) is 1. The zero-order chi connectivity index (χ0) is 18.5. The molecule has 0 saturated heterocycles. The Morgan fingerprint density at radius 3 is 2.84 bits per heavy atom. The second-order valence-electron chi connectivity index (χ2n) is 5.27. The Balaban J connectivity index is 3.10. The molecule has 0 amide bonds. The van der Waals surface area contributed by atoms with Gasteiger partial charge in [0.25, 0.3) is 0 Å². The lowest BCUT2D eigenvalue weighted by Crippen LogP contribution is -2.26. The third-order valence-electron chi connectivity index (χ3n) is 3.44. The van der Waals surface area contributed by atoms with E-state index in [0.717, 1.165) is 29.3 Å².